The first-order valence-electron chi connectivity index (χ1n) is 8.61. The quantitative estimate of drug-likeness (QED) is 0.381. The highest BCUT2D eigenvalue weighted by Crippen LogP contribution is 2.35. The maximum Gasteiger partial charge on any atom is 0.231 e. The monoisotopic (exact) mass is 390 g/mol. The zero-order valence-electron chi connectivity index (χ0n) is 14.6. The number of benzene rings is 2. The van der Waals surface area contributed by atoms with Gasteiger partial charge in [-0.1, -0.05) is 42.1 Å². The first-order chi connectivity index (χ1) is 13.8. The van der Waals surface area contributed by atoms with Gasteiger partial charge in [0.2, 0.25) is 11.9 Å². The molecule has 0 saturated carbocycles. The van der Waals surface area contributed by atoms with Gasteiger partial charge in [0.1, 0.15) is 0 Å². The first kappa shape index (κ1) is 16.8. The lowest BCUT2D eigenvalue weighted by molar-refractivity contribution is 0.102. The topological polar surface area (TPSA) is 78.6 Å². The molecule has 0 radical (unpaired) electrons. The maximum absolute atomic E-state index is 12.3. The number of fused-ring (bicyclic) bond motifs is 2. The Morgan fingerprint density at radius 2 is 1.86 bits per heavy atom. The van der Waals surface area contributed by atoms with E-state index in [1.54, 1.807) is 16.6 Å². The van der Waals surface area contributed by atoms with Crippen molar-refractivity contribution in [3.8, 4) is 22.8 Å². The Morgan fingerprint density at radius 3 is 2.75 bits per heavy atom. The molecule has 7 nitrogen and oxygen atoms in total. The largest absolute Gasteiger partial charge is 0.454 e. The summed E-state index contributed by atoms with van der Waals surface area (Å²) in [5.74, 6) is 1.73. The molecule has 5 rings (SSSR count). The summed E-state index contributed by atoms with van der Waals surface area (Å²) in [6.45, 7) is 0.229. The first-order valence-corrected chi connectivity index (χ1v) is 9.60. The Bertz CT molecular complexity index is 1180. The Labute approximate surface area is 164 Å². The average molecular weight is 390 g/mol. The van der Waals surface area contributed by atoms with Crippen LogP contribution in [0.4, 0.5) is 0 Å². The van der Waals surface area contributed by atoms with E-state index in [4.69, 9.17) is 9.47 Å². The summed E-state index contributed by atoms with van der Waals surface area (Å²) in [4.78, 5) is 12.3. The van der Waals surface area contributed by atoms with E-state index in [0.29, 0.717) is 22.1 Å². The number of nitrogens with zero attached hydrogens (tertiary/aromatic N) is 4. The van der Waals surface area contributed by atoms with E-state index in [0.717, 1.165) is 17.0 Å². The van der Waals surface area contributed by atoms with Crippen molar-refractivity contribution in [2.45, 2.75) is 5.16 Å². The summed E-state index contributed by atoms with van der Waals surface area (Å²) in [6.07, 6.45) is 0. The normalized spacial score (nSPS) is 12.4. The van der Waals surface area contributed by atoms with Gasteiger partial charge >= 0.3 is 0 Å². The molecule has 0 bridgehead atoms. The molecule has 138 valence electrons. The van der Waals surface area contributed by atoms with Gasteiger partial charge in [0, 0.05) is 11.1 Å². The lowest BCUT2D eigenvalue weighted by Crippen LogP contribution is -2.03. The minimum absolute atomic E-state index is 0.0364. The molecular weight excluding hydrogens is 376 g/mol. The molecule has 8 heteroatoms. The van der Waals surface area contributed by atoms with E-state index in [-0.39, 0.29) is 18.3 Å². The third-order valence-electron chi connectivity index (χ3n) is 4.33. The lowest BCUT2D eigenvalue weighted by Gasteiger charge is -2.04. The second-order valence-electron chi connectivity index (χ2n) is 6.12. The number of rotatable bonds is 5. The van der Waals surface area contributed by atoms with Crippen molar-refractivity contribution in [1.29, 1.82) is 0 Å². The summed E-state index contributed by atoms with van der Waals surface area (Å²) >= 11 is 1.32. The SMILES string of the molecule is O=C(CSc1nnc2ccc(-c3ccc4c(c3)OCO4)nn12)c1ccccc1. The fraction of sp³-hybridized carbons (Fsp3) is 0.100. The van der Waals surface area contributed by atoms with Gasteiger partial charge in [-0.3, -0.25) is 4.79 Å². The minimum atomic E-state index is 0.0364. The molecule has 0 fully saturated rings. The molecular formula is C20H14N4O3S. The second-order valence-corrected chi connectivity index (χ2v) is 7.06. The van der Waals surface area contributed by atoms with Crippen LogP contribution in [-0.4, -0.2) is 38.1 Å². The zero-order valence-corrected chi connectivity index (χ0v) is 15.4. The Balaban J connectivity index is 1.41. The van der Waals surface area contributed by atoms with Crippen LogP contribution in [0.25, 0.3) is 16.9 Å². The highest BCUT2D eigenvalue weighted by Gasteiger charge is 2.16. The van der Waals surface area contributed by atoms with Crippen molar-refractivity contribution in [2.75, 3.05) is 12.5 Å². The van der Waals surface area contributed by atoms with E-state index < -0.39 is 0 Å². The summed E-state index contributed by atoms with van der Waals surface area (Å²) in [5.41, 5.74) is 2.95. The molecule has 0 spiro atoms. The number of Topliss-reactive ketones (excluding diaryl/α,β-unsaturated/α-hetero) is 1. The zero-order chi connectivity index (χ0) is 18.9. The maximum atomic E-state index is 12.3. The molecule has 0 atom stereocenters. The number of thioether (sulfide) groups is 1. The van der Waals surface area contributed by atoms with Gasteiger partial charge in [-0.2, -0.15) is 9.61 Å². The molecule has 0 N–H and O–H groups in total. The van der Waals surface area contributed by atoms with Crippen LogP contribution >= 0.6 is 11.8 Å². The van der Waals surface area contributed by atoms with Crippen LogP contribution < -0.4 is 9.47 Å². The molecule has 3 heterocycles. The number of hydrogen-bond donors (Lipinski definition) is 0. The molecule has 0 amide bonds. The Hall–Kier alpha value is -3.39. The molecule has 2 aromatic carbocycles. The second kappa shape index (κ2) is 6.97. The molecule has 4 aromatic rings. The van der Waals surface area contributed by atoms with Crippen LogP contribution in [0.1, 0.15) is 10.4 Å². The number of carbonyl (C=O) groups excluding carboxylic acids is 1. The third-order valence-corrected chi connectivity index (χ3v) is 5.25. The van der Waals surface area contributed by atoms with Gasteiger partial charge in [0.15, 0.2) is 22.9 Å². The van der Waals surface area contributed by atoms with Crippen molar-refractivity contribution in [3.63, 3.8) is 0 Å². The van der Waals surface area contributed by atoms with Crippen LogP contribution in [0.3, 0.4) is 0 Å². The number of ether oxygens (including phenoxy) is 2. The molecule has 1 aliphatic rings. The molecule has 28 heavy (non-hydrogen) atoms. The smallest absolute Gasteiger partial charge is 0.231 e. The van der Waals surface area contributed by atoms with Crippen molar-refractivity contribution >= 4 is 23.2 Å². The van der Waals surface area contributed by atoms with E-state index in [1.165, 1.54) is 11.8 Å². The van der Waals surface area contributed by atoms with Gasteiger partial charge in [-0.25, -0.2) is 0 Å². The summed E-state index contributed by atoms with van der Waals surface area (Å²) in [5, 5.41) is 13.5. The van der Waals surface area contributed by atoms with Crippen molar-refractivity contribution in [1.82, 2.24) is 19.8 Å². The van der Waals surface area contributed by atoms with Gasteiger partial charge < -0.3 is 9.47 Å². The molecule has 0 aliphatic carbocycles. The summed E-state index contributed by atoms with van der Waals surface area (Å²) < 4.78 is 12.5. The average Bonchev–Trinajstić information content (AvgIpc) is 3.38. The van der Waals surface area contributed by atoms with E-state index in [2.05, 4.69) is 15.3 Å². The number of ketones is 1. The van der Waals surface area contributed by atoms with Crippen LogP contribution in [0.15, 0.2) is 65.8 Å². The lowest BCUT2D eigenvalue weighted by atomic mass is 10.1. The van der Waals surface area contributed by atoms with Crippen LogP contribution in [-0.2, 0) is 0 Å². The third kappa shape index (κ3) is 3.07. The number of aromatic nitrogens is 4. The molecule has 2 aromatic heterocycles. The van der Waals surface area contributed by atoms with Gasteiger partial charge in [0.25, 0.3) is 0 Å². The van der Waals surface area contributed by atoms with Crippen LogP contribution in [0.5, 0.6) is 11.5 Å². The summed E-state index contributed by atoms with van der Waals surface area (Å²) in [7, 11) is 0. The van der Waals surface area contributed by atoms with Crippen molar-refractivity contribution in [3.05, 3.63) is 66.2 Å². The van der Waals surface area contributed by atoms with E-state index >= 15 is 0 Å². The molecule has 0 unspecified atom stereocenters. The van der Waals surface area contributed by atoms with Crippen LogP contribution in [0, 0.1) is 0 Å². The van der Waals surface area contributed by atoms with Crippen molar-refractivity contribution in [2.24, 2.45) is 0 Å². The van der Waals surface area contributed by atoms with Crippen molar-refractivity contribution < 1.29 is 14.3 Å². The predicted octanol–water partition coefficient (Wildman–Crippen LogP) is 3.50. The minimum Gasteiger partial charge on any atom is -0.454 e. The van der Waals surface area contributed by atoms with Gasteiger partial charge in [-0.05, 0) is 30.3 Å². The Kier molecular flexibility index (Phi) is 4.17. The van der Waals surface area contributed by atoms with E-state index in [9.17, 15) is 4.79 Å². The molecule has 0 saturated heterocycles. The highest BCUT2D eigenvalue weighted by molar-refractivity contribution is 7.99. The van der Waals surface area contributed by atoms with Crippen LogP contribution in [0.2, 0.25) is 0 Å². The Morgan fingerprint density at radius 1 is 1.00 bits per heavy atom. The number of hydrogen-bond acceptors (Lipinski definition) is 7. The molecule has 1 aliphatic heterocycles. The number of carbonyl (C=O) groups is 1. The van der Waals surface area contributed by atoms with Gasteiger partial charge in [-0.15, -0.1) is 10.2 Å². The standard InChI is InChI=1S/C20H14N4O3S/c25-16(13-4-2-1-3-5-13)11-28-20-22-21-19-9-7-15(23-24(19)20)14-6-8-17-18(10-14)27-12-26-17/h1-10H,11-12H2. The van der Waals surface area contributed by atoms with Gasteiger partial charge in [0.05, 0.1) is 11.4 Å². The summed E-state index contributed by atoms with van der Waals surface area (Å²) in [6, 6.07) is 18.6. The predicted molar refractivity (Wildman–Crippen MR) is 104 cm³/mol. The van der Waals surface area contributed by atoms with E-state index in [1.807, 2.05) is 48.5 Å². The highest BCUT2D eigenvalue weighted by atomic mass is 32.2. The fourth-order valence-corrected chi connectivity index (χ4v) is 3.69. The fourth-order valence-electron chi connectivity index (χ4n) is 2.91.